The van der Waals surface area contributed by atoms with Crippen molar-refractivity contribution in [1.82, 2.24) is 4.98 Å². The van der Waals surface area contributed by atoms with Gasteiger partial charge in [0.1, 0.15) is 5.69 Å². The van der Waals surface area contributed by atoms with Crippen LogP contribution in [0.2, 0.25) is 0 Å². The second-order valence-electron chi connectivity index (χ2n) is 4.32. The minimum absolute atomic E-state index is 0.0832. The second kappa shape index (κ2) is 4.96. The summed E-state index contributed by atoms with van der Waals surface area (Å²) in [5.41, 5.74) is 0.764. The monoisotopic (exact) mass is 281 g/mol. The van der Waals surface area contributed by atoms with Crippen molar-refractivity contribution in [1.29, 1.82) is 0 Å². The van der Waals surface area contributed by atoms with Crippen molar-refractivity contribution in [2.24, 2.45) is 0 Å². The molecule has 1 aromatic heterocycles. The van der Waals surface area contributed by atoms with Crippen LogP contribution < -0.4 is 0 Å². The standard InChI is InChI=1S/C14H10F3NO2/c1-8-4-10(6-11(5-8)13(19)20)9-2-3-12(18-7-9)14(15,16)17/h2-7H,1H3,(H,19,20). The number of aryl methyl sites for hydroxylation is 1. The summed E-state index contributed by atoms with van der Waals surface area (Å²) in [5.74, 6) is -1.09. The number of benzene rings is 1. The van der Waals surface area contributed by atoms with Gasteiger partial charge in [0.15, 0.2) is 0 Å². The third kappa shape index (κ3) is 2.96. The van der Waals surface area contributed by atoms with E-state index >= 15 is 0 Å². The van der Waals surface area contributed by atoms with Gasteiger partial charge in [-0.2, -0.15) is 13.2 Å². The Kier molecular flexibility index (Phi) is 3.48. The Morgan fingerprint density at radius 2 is 1.85 bits per heavy atom. The molecule has 104 valence electrons. The Bertz CT molecular complexity index is 648. The molecule has 0 aliphatic carbocycles. The van der Waals surface area contributed by atoms with E-state index in [0.29, 0.717) is 16.7 Å². The number of nitrogens with zero attached hydrogens (tertiary/aromatic N) is 1. The Labute approximate surface area is 112 Å². The van der Waals surface area contributed by atoms with E-state index in [2.05, 4.69) is 4.98 Å². The average Bonchev–Trinajstić information content (AvgIpc) is 2.37. The topological polar surface area (TPSA) is 50.2 Å². The van der Waals surface area contributed by atoms with E-state index in [4.69, 9.17) is 5.11 Å². The van der Waals surface area contributed by atoms with Crippen molar-refractivity contribution in [3.05, 3.63) is 53.3 Å². The molecule has 0 unspecified atom stereocenters. The smallest absolute Gasteiger partial charge is 0.433 e. The fourth-order valence-corrected chi connectivity index (χ4v) is 1.81. The molecular formula is C14H10F3NO2. The number of aromatic nitrogens is 1. The van der Waals surface area contributed by atoms with Crippen LogP contribution in [-0.2, 0) is 6.18 Å². The van der Waals surface area contributed by atoms with Gasteiger partial charge in [0, 0.05) is 11.8 Å². The molecule has 1 aromatic carbocycles. The molecule has 0 aliphatic rings. The molecular weight excluding hydrogens is 271 g/mol. The van der Waals surface area contributed by atoms with E-state index in [1.165, 1.54) is 18.2 Å². The van der Waals surface area contributed by atoms with Crippen molar-refractivity contribution in [2.45, 2.75) is 13.1 Å². The number of hydrogen-bond donors (Lipinski definition) is 1. The van der Waals surface area contributed by atoms with Crippen LogP contribution in [0, 0.1) is 6.92 Å². The SMILES string of the molecule is Cc1cc(C(=O)O)cc(-c2ccc(C(F)(F)F)nc2)c1. The van der Waals surface area contributed by atoms with E-state index < -0.39 is 17.8 Å². The molecule has 0 aliphatic heterocycles. The molecule has 0 fully saturated rings. The molecule has 0 saturated heterocycles. The van der Waals surface area contributed by atoms with Crippen LogP contribution in [0.1, 0.15) is 21.6 Å². The Hall–Kier alpha value is -2.37. The normalized spacial score (nSPS) is 11.4. The summed E-state index contributed by atoms with van der Waals surface area (Å²) < 4.78 is 37.2. The maximum Gasteiger partial charge on any atom is 0.433 e. The number of carboxylic acids is 1. The molecule has 0 atom stereocenters. The third-order valence-electron chi connectivity index (χ3n) is 2.71. The molecule has 0 saturated carbocycles. The Morgan fingerprint density at radius 1 is 1.15 bits per heavy atom. The molecule has 2 rings (SSSR count). The zero-order valence-corrected chi connectivity index (χ0v) is 10.4. The second-order valence-corrected chi connectivity index (χ2v) is 4.32. The molecule has 0 radical (unpaired) electrons. The van der Waals surface area contributed by atoms with Crippen LogP contribution in [0.25, 0.3) is 11.1 Å². The van der Waals surface area contributed by atoms with E-state index in [9.17, 15) is 18.0 Å². The fraction of sp³-hybridized carbons (Fsp3) is 0.143. The molecule has 6 heteroatoms. The molecule has 1 heterocycles. The van der Waals surface area contributed by atoms with Gasteiger partial charge in [0.25, 0.3) is 0 Å². The number of alkyl halides is 3. The molecule has 3 nitrogen and oxygen atoms in total. The van der Waals surface area contributed by atoms with E-state index in [0.717, 1.165) is 12.3 Å². The predicted octanol–water partition coefficient (Wildman–Crippen LogP) is 3.77. The highest BCUT2D eigenvalue weighted by molar-refractivity contribution is 5.89. The van der Waals surface area contributed by atoms with Crippen LogP contribution >= 0.6 is 0 Å². The van der Waals surface area contributed by atoms with Gasteiger partial charge >= 0.3 is 12.1 Å². The van der Waals surface area contributed by atoms with Crippen LogP contribution in [0.3, 0.4) is 0 Å². The lowest BCUT2D eigenvalue weighted by atomic mass is 10.0. The molecule has 0 spiro atoms. The molecule has 1 N–H and O–H groups in total. The first-order valence-corrected chi connectivity index (χ1v) is 5.66. The third-order valence-corrected chi connectivity index (χ3v) is 2.71. The summed E-state index contributed by atoms with van der Waals surface area (Å²) in [7, 11) is 0. The lowest BCUT2D eigenvalue weighted by Crippen LogP contribution is -2.07. The quantitative estimate of drug-likeness (QED) is 0.911. The number of hydrogen-bond acceptors (Lipinski definition) is 2. The minimum atomic E-state index is -4.49. The highest BCUT2D eigenvalue weighted by Gasteiger charge is 2.32. The van der Waals surface area contributed by atoms with Gasteiger partial charge in [-0.25, -0.2) is 4.79 Å². The predicted molar refractivity (Wildman–Crippen MR) is 66.4 cm³/mol. The first-order chi connectivity index (χ1) is 9.27. The van der Waals surface area contributed by atoms with Gasteiger partial charge in [-0.3, -0.25) is 4.98 Å². The Morgan fingerprint density at radius 3 is 2.35 bits per heavy atom. The van der Waals surface area contributed by atoms with Crippen LogP contribution in [0.4, 0.5) is 13.2 Å². The minimum Gasteiger partial charge on any atom is -0.478 e. The van der Waals surface area contributed by atoms with Crippen molar-refractivity contribution < 1.29 is 23.1 Å². The zero-order chi connectivity index (χ0) is 14.9. The summed E-state index contributed by atoms with van der Waals surface area (Å²) in [5, 5.41) is 8.97. The van der Waals surface area contributed by atoms with E-state index in [1.807, 2.05) is 0 Å². The summed E-state index contributed by atoms with van der Waals surface area (Å²) in [6.07, 6.45) is -3.40. The van der Waals surface area contributed by atoms with Crippen molar-refractivity contribution in [2.75, 3.05) is 0 Å². The number of rotatable bonds is 2. The summed E-state index contributed by atoms with van der Waals surface area (Å²) in [6.45, 7) is 1.72. The van der Waals surface area contributed by atoms with Gasteiger partial charge in [0.2, 0.25) is 0 Å². The largest absolute Gasteiger partial charge is 0.478 e. The highest BCUT2D eigenvalue weighted by atomic mass is 19.4. The lowest BCUT2D eigenvalue weighted by molar-refractivity contribution is -0.141. The van der Waals surface area contributed by atoms with Gasteiger partial charge in [0.05, 0.1) is 5.56 Å². The van der Waals surface area contributed by atoms with Gasteiger partial charge < -0.3 is 5.11 Å². The average molecular weight is 281 g/mol. The maximum atomic E-state index is 12.4. The molecule has 2 aromatic rings. The summed E-state index contributed by atoms with van der Waals surface area (Å²) in [4.78, 5) is 14.3. The zero-order valence-electron chi connectivity index (χ0n) is 10.4. The molecule has 0 bridgehead atoms. The van der Waals surface area contributed by atoms with Crippen molar-refractivity contribution in [3.8, 4) is 11.1 Å². The fourth-order valence-electron chi connectivity index (χ4n) is 1.81. The lowest BCUT2D eigenvalue weighted by Gasteiger charge is -2.08. The van der Waals surface area contributed by atoms with E-state index in [-0.39, 0.29) is 5.56 Å². The summed E-state index contributed by atoms with van der Waals surface area (Å²) in [6, 6.07) is 6.73. The molecule has 20 heavy (non-hydrogen) atoms. The number of carboxylic acid groups (broad SMARTS) is 1. The number of halogens is 3. The van der Waals surface area contributed by atoms with Gasteiger partial charge in [-0.15, -0.1) is 0 Å². The number of pyridine rings is 1. The first kappa shape index (κ1) is 14.0. The van der Waals surface area contributed by atoms with Gasteiger partial charge in [-0.1, -0.05) is 12.1 Å². The summed E-state index contributed by atoms with van der Waals surface area (Å²) >= 11 is 0. The van der Waals surface area contributed by atoms with Gasteiger partial charge in [-0.05, 0) is 36.2 Å². The molecule has 0 amide bonds. The van der Waals surface area contributed by atoms with Crippen LogP contribution in [0.5, 0.6) is 0 Å². The van der Waals surface area contributed by atoms with Crippen LogP contribution in [-0.4, -0.2) is 16.1 Å². The maximum absolute atomic E-state index is 12.4. The number of aromatic carboxylic acids is 1. The van der Waals surface area contributed by atoms with E-state index in [1.54, 1.807) is 13.0 Å². The van der Waals surface area contributed by atoms with Crippen molar-refractivity contribution in [3.63, 3.8) is 0 Å². The van der Waals surface area contributed by atoms with Crippen LogP contribution in [0.15, 0.2) is 36.5 Å². The highest BCUT2D eigenvalue weighted by Crippen LogP contribution is 2.29. The Balaban J connectivity index is 2.44. The number of carbonyl (C=O) groups is 1. The first-order valence-electron chi connectivity index (χ1n) is 5.66. The van der Waals surface area contributed by atoms with Crippen molar-refractivity contribution >= 4 is 5.97 Å².